The molecule has 20 heavy (non-hydrogen) atoms. The molecule has 0 aromatic carbocycles. The summed E-state index contributed by atoms with van der Waals surface area (Å²) in [5.41, 5.74) is 0.153. The molecule has 1 rings (SSSR count). The van der Waals surface area contributed by atoms with Gasteiger partial charge in [0.2, 0.25) is 5.82 Å². The van der Waals surface area contributed by atoms with E-state index in [-0.39, 0.29) is 12.4 Å². The number of hydrogen-bond acceptors (Lipinski definition) is 4. The van der Waals surface area contributed by atoms with Gasteiger partial charge in [0.1, 0.15) is 5.60 Å². The van der Waals surface area contributed by atoms with Gasteiger partial charge in [-0.3, -0.25) is 0 Å². The van der Waals surface area contributed by atoms with Crippen LogP contribution in [0.1, 0.15) is 44.0 Å². The maximum absolute atomic E-state index is 11.5. The number of carboxylic acids is 1. The SMILES string of the molecule is CCc1cn(CCNC(=O)OC(C)(C)C)c(C(=O)O)n1. The molecule has 1 heterocycles. The van der Waals surface area contributed by atoms with Gasteiger partial charge in [-0.25, -0.2) is 14.6 Å². The summed E-state index contributed by atoms with van der Waals surface area (Å²) < 4.78 is 6.60. The molecule has 0 aliphatic carbocycles. The van der Waals surface area contributed by atoms with Crippen molar-refractivity contribution in [3.63, 3.8) is 0 Å². The number of nitrogens with one attached hydrogen (secondary N) is 1. The summed E-state index contributed by atoms with van der Waals surface area (Å²) in [6.45, 7) is 7.83. The fourth-order valence-electron chi connectivity index (χ4n) is 1.57. The normalized spacial score (nSPS) is 11.2. The van der Waals surface area contributed by atoms with Crippen molar-refractivity contribution in [1.29, 1.82) is 0 Å². The molecule has 7 nitrogen and oxygen atoms in total. The maximum Gasteiger partial charge on any atom is 0.407 e. The number of imidazole rings is 1. The molecule has 0 aliphatic heterocycles. The Hall–Kier alpha value is -2.05. The van der Waals surface area contributed by atoms with Gasteiger partial charge >= 0.3 is 12.1 Å². The average molecular weight is 283 g/mol. The number of rotatable bonds is 5. The van der Waals surface area contributed by atoms with Crippen LogP contribution >= 0.6 is 0 Å². The molecule has 0 fully saturated rings. The fourth-order valence-corrected chi connectivity index (χ4v) is 1.57. The summed E-state index contributed by atoms with van der Waals surface area (Å²) in [6, 6.07) is 0. The summed E-state index contributed by atoms with van der Waals surface area (Å²) in [6.07, 6.45) is 1.82. The second-order valence-corrected chi connectivity index (χ2v) is 5.34. The lowest BCUT2D eigenvalue weighted by Crippen LogP contribution is -2.34. The third kappa shape index (κ3) is 4.91. The molecule has 2 N–H and O–H groups in total. The number of aromatic nitrogens is 2. The Morgan fingerprint density at radius 2 is 2.10 bits per heavy atom. The van der Waals surface area contributed by atoms with E-state index >= 15 is 0 Å². The van der Waals surface area contributed by atoms with E-state index in [1.165, 1.54) is 4.57 Å². The van der Waals surface area contributed by atoms with Crippen molar-refractivity contribution in [3.8, 4) is 0 Å². The van der Waals surface area contributed by atoms with Crippen molar-refractivity contribution in [2.24, 2.45) is 0 Å². The first kappa shape index (κ1) is 16.0. The highest BCUT2D eigenvalue weighted by Crippen LogP contribution is 2.07. The number of aryl methyl sites for hydroxylation is 1. The molecule has 0 radical (unpaired) electrons. The summed E-state index contributed by atoms with van der Waals surface area (Å²) in [5, 5.41) is 11.6. The lowest BCUT2D eigenvalue weighted by Gasteiger charge is -2.19. The lowest BCUT2D eigenvalue weighted by molar-refractivity contribution is 0.0526. The lowest BCUT2D eigenvalue weighted by atomic mass is 10.2. The second-order valence-electron chi connectivity index (χ2n) is 5.34. The highest BCUT2D eigenvalue weighted by molar-refractivity contribution is 5.83. The number of amides is 1. The van der Waals surface area contributed by atoms with Gasteiger partial charge in [-0.05, 0) is 27.2 Å². The topological polar surface area (TPSA) is 93.5 Å². The molecule has 1 aromatic rings. The van der Waals surface area contributed by atoms with Crippen molar-refractivity contribution in [1.82, 2.24) is 14.9 Å². The average Bonchev–Trinajstić information content (AvgIpc) is 2.70. The molecule has 112 valence electrons. The Morgan fingerprint density at radius 1 is 1.45 bits per heavy atom. The quantitative estimate of drug-likeness (QED) is 0.857. The summed E-state index contributed by atoms with van der Waals surface area (Å²) in [5.74, 6) is -1.10. The van der Waals surface area contributed by atoms with Crippen LogP contribution in [0.3, 0.4) is 0 Å². The summed E-state index contributed by atoms with van der Waals surface area (Å²) in [7, 11) is 0. The number of alkyl carbamates (subject to hydrolysis) is 1. The summed E-state index contributed by atoms with van der Waals surface area (Å²) in [4.78, 5) is 26.5. The van der Waals surface area contributed by atoms with Gasteiger partial charge in [-0.15, -0.1) is 0 Å². The van der Waals surface area contributed by atoms with Crippen LogP contribution in [0.15, 0.2) is 6.20 Å². The predicted octanol–water partition coefficient (Wildman–Crippen LogP) is 1.67. The minimum Gasteiger partial charge on any atom is -0.475 e. The number of nitrogens with zero attached hydrogens (tertiary/aromatic N) is 2. The van der Waals surface area contributed by atoms with E-state index in [4.69, 9.17) is 9.84 Å². The van der Waals surface area contributed by atoms with Crippen LogP contribution in [0.25, 0.3) is 0 Å². The standard InChI is InChI=1S/C13H21N3O4/c1-5-9-8-16(10(15-9)11(17)18)7-6-14-12(19)20-13(2,3)4/h8H,5-7H2,1-4H3,(H,14,19)(H,17,18). The van der Waals surface area contributed by atoms with E-state index < -0.39 is 17.7 Å². The van der Waals surface area contributed by atoms with Crippen LogP contribution in [0, 0.1) is 0 Å². The number of aromatic carboxylic acids is 1. The zero-order valence-corrected chi connectivity index (χ0v) is 12.3. The zero-order valence-electron chi connectivity index (χ0n) is 12.3. The number of carbonyl (C=O) groups is 2. The first-order valence-electron chi connectivity index (χ1n) is 6.49. The second kappa shape index (κ2) is 6.40. The number of carboxylic acid groups (broad SMARTS) is 1. The van der Waals surface area contributed by atoms with Gasteiger partial charge in [0.25, 0.3) is 0 Å². The molecular weight excluding hydrogens is 262 g/mol. The molecule has 0 bridgehead atoms. The first-order chi connectivity index (χ1) is 9.23. The van der Waals surface area contributed by atoms with E-state index in [0.29, 0.717) is 18.7 Å². The fraction of sp³-hybridized carbons (Fsp3) is 0.615. The van der Waals surface area contributed by atoms with Crippen molar-refractivity contribution in [2.45, 2.75) is 46.3 Å². The zero-order chi connectivity index (χ0) is 15.3. The van der Waals surface area contributed by atoms with Crippen LogP contribution in [0.2, 0.25) is 0 Å². The minimum absolute atomic E-state index is 0.0205. The van der Waals surface area contributed by atoms with E-state index in [1.54, 1.807) is 27.0 Å². The Kier molecular flexibility index (Phi) is 5.12. The molecule has 1 amide bonds. The number of carbonyl (C=O) groups excluding carboxylic acids is 1. The van der Waals surface area contributed by atoms with Crippen molar-refractivity contribution in [3.05, 3.63) is 17.7 Å². The molecule has 1 aromatic heterocycles. The van der Waals surface area contributed by atoms with Crippen LogP contribution in [0.5, 0.6) is 0 Å². The smallest absolute Gasteiger partial charge is 0.407 e. The van der Waals surface area contributed by atoms with E-state index in [0.717, 1.165) is 0 Å². The van der Waals surface area contributed by atoms with Crippen molar-refractivity contribution in [2.75, 3.05) is 6.54 Å². The molecule has 0 unspecified atom stereocenters. The van der Waals surface area contributed by atoms with Gasteiger partial charge in [0, 0.05) is 19.3 Å². The van der Waals surface area contributed by atoms with Crippen molar-refractivity contribution < 1.29 is 19.4 Å². The number of ether oxygens (including phenoxy) is 1. The first-order valence-corrected chi connectivity index (χ1v) is 6.49. The minimum atomic E-state index is -1.08. The Bertz CT molecular complexity index is 488. The van der Waals surface area contributed by atoms with Crippen LogP contribution in [0.4, 0.5) is 4.79 Å². The Labute approximate surface area is 118 Å². The van der Waals surface area contributed by atoms with Crippen LogP contribution in [-0.4, -0.2) is 38.9 Å². The third-order valence-electron chi connectivity index (χ3n) is 2.40. The Balaban J connectivity index is 2.55. The van der Waals surface area contributed by atoms with Gasteiger partial charge < -0.3 is 19.7 Å². The van der Waals surface area contributed by atoms with E-state index in [1.807, 2.05) is 6.92 Å². The summed E-state index contributed by atoms with van der Waals surface area (Å²) >= 11 is 0. The van der Waals surface area contributed by atoms with Gasteiger partial charge in [-0.1, -0.05) is 6.92 Å². The molecule has 0 saturated heterocycles. The third-order valence-corrected chi connectivity index (χ3v) is 2.40. The van der Waals surface area contributed by atoms with E-state index in [9.17, 15) is 9.59 Å². The molecule has 0 saturated carbocycles. The van der Waals surface area contributed by atoms with E-state index in [2.05, 4.69) is 10.3 Å². The van der Waals surface area contributed by atoms with Crippen LogP contribution < -0.4 is 5.32 Å². The number of hydrogen-bond donors (Lipinski definition) is 2. The predicted molar refractivity (Wildman–Crippen MR) is 72.8 cm³/mol. The Morgan fingerprint density at radius 3 is 2.60 bits per heavy atom. The molecule has 0 atom stereocenters. The monoisotopic (exact) mass is 283 g/mol. The molecular formula is C13H21N3O4. The van der Waals surface area contributed by atoms with Gasteiger partial charge in [0.15, 0.2) is 0 Å². The molecule has 0 spiro atoms. The van der Waals surface area contributed by atoms with Crippen molar-refractivity contribution >= 4 is 12.1 Å². The highest BCUT2D eigenvalue weighted by atomic mass is 16.6. The largest absolute Gasteiger partial charge is 0.475 e. The maximum atomic E-state index is 11.5. The highest BCUT2D eigenvalue weighted by Gasteiger charge is 2.17. The molecule has 7 heteroatoms. The van der Waals surface area contributed by atoms with Gasteiger partial charge in [-0.2, -0.15) is 0 Å². The van der Waals surface area contributed by atoms with Crippen LogP contribution in [-0.2, 0) is 17.7 Å². The van der Waals surface area contributed by atoms with Gasteiger partial charge in [0.05, 0.1) is 5.69 Å². The molecule has 0 aliphatic rings.